The number of carbonyl (C=O) groups is 4. The van der Waals surface area contributed by atoms with E-state index in [1.807, 2.05) is 0 Å². The van der Waals surface area contributed by atoms with Crippen molar-refractivity contribution >= 4 is 23.9 Å². The van der Waals surface area contributed by atoms with Crippen LogP contribution in [-0.2, 0) is 19.2 Å². The predicted molar refractivity (Wildman–Crippen MR) is 81.1 cm³/mol. The lowest BCUT2D eigenvalue weighted by atomic mass is 9.89. The Bertz CT molecular complexity index is 528. The molecular formula is C16H16O8. The number of carboxylic acid groups (broad SMARTS) is 4. The molecule has 2 aliphatic carbocycles. The largest absolute Gasteiger partial charge is 0.481 e. The van der Waals surface area contributed by atoms with E-state index in [1.54, 1.807) is 0 Å². The van der Waals surface area contributed by atoms with E-state index in [2.05, 4.69) is 0 Å². The molecule has 0 aromatic carbocycles. The Morgan fingerprint density at radius 1 is 0.458 bits per heavy atom. The van der Waals surface area contributed by atoms with Crippen LogP contribution >= 0.6 is 0 Å². The molecule has 128 valence electrons. The zero-order valence-electron chi connectivity index (χ0n) is 12.4. The third kappa shape index (κ3) is 4.94. The molecule has 0 saturated heterocycles. The molecule has 0 fully saturated rings. The third-order valence-electron chi connectivity index (χ3n) is 3.41. The maximum absolute atomic E-state index is 10.5. The highest BCUT2D eigenvalue weighted by molar-refractivity contribution is 5.84. The molecule has 0 aromatic rings. The summed E-state index contributed by atoms with van der Waals surface area (Å²) in [6.45, 7) is 0. The lowest BCUT2D eigenvalue weighted by molar-refractivity contribution is -0.149. The van der Waals surface area contributed by atoms with Crippen molar-refractivity contribution in [2.24, 2.45) is 23.7 Å². The Morgan fingerprint density at radius 2 is 0.625 bits per heavy atom. The van der Waals surface area contributed by atoms with E-state index in [1.165, 1.54) is 48.6 Å². The van der Waals surface area contributed by atoms with Gasteiger partial charge in [0, 0.05) is 0 Å². The fraction of sp³-hybridized carbons (Fsp3) is 0.250. The van der Waals surface area contributed by atoms with Crippen LogP contribution in [0.5, 0.6) is 0 Å². The first-order chi connectivity index (χ1) is 11.3. The SMILES string of the molecule is O=C(O)[C@@H]1C=CC=C[C@H]1C(=O)O.O=C(O)[C@@H]1C=CC=C[C@H]1C(=O)O. The van der Waals surface area contributed by atoms with Crippen molar-refractivity contribution in [3.05, 3.63) is 48.6 Å². The van der Waals surface area contributed by atoms with Crippen LogP contribution in [0.3, 0.4) is 0 Å². The molecule has 2 rings (SSSR count). The molecule has 8 nitrogen and oxygen atoms in total. The van der Waals surface area contributed by atoms with Gasteiger partial charge in [0.25, 0.3) is 0 Å². The Kier molecular flexibility index (Phi) is 6.66. The van der Waals surface area contributed by atoms with Crippen molar-refractivity contribution in [3.8, 4) is 0 Å². The second kappa shape index (κ2) is 8.47. The van der Waals surface area contributed by atoms with E-state index in [-0.39, 0.29) is 0 Å². The molecular weight excluding hydrogens is 320 g/mol. The molecule has 0 aliphatic heterocycles. The van der Waals surface area contributed by atoms with Gasteiger partial charge in [0.2, 0.25) is 0 Å². The number of allylic oxidation sites excluding steroid dienone is 4. The van der Waals surface area contributed by atoms with Crippen LogP contribution in [-0.4, -0.2) is 44.3 Å². The van der Waals surface area contributed by atoms with Gasteiger partial charge in [-0.1, -0.05) is 48.6 Å². The zero-order valence-corrected chi connectivity index (χ0v) is 12.4. The van der Waals surface area contributed by atoms with Crippen LogP contribution in [0.4, 0.5) is 0 Å². The van der Waals surface area contributed by atoms with Gasteiger partial charge in [-0.25, -0.2) is 0 Å². The summed E-state index contributed by atoms with van der Waals surface area (Å²) >= 11 is 0. The van der Waals surface area contributed by atoms with Gasteiger partial charge in [0.15, 0.2) is 0 Å². The topological polar surface area (TPSA) is 149 Å². The van der Waals surface area contributed by atoms with Gasteiger partial charge in [-0.05, 0) is 0 Å². The van der Waals surface area contributed by atoms with Gasteiger partial charge in [0.1, 0.15) is 0 Å². The minimum Gasteiger partial charge on any atom is -0.481 e. The summed E-state index contributed by atoms with van der Waals surface area (Å²) in [6.07, 6.45) is 11.7. The van der Waals surface area contributed by atoms with E-state index in [4.69, 9.17) is 20.4 Å². The molecule has 0 heterocycles. The van der Waals surface area contributed by atoms with Crippen LogP contribution in [0, 0.1) is 23.7 Å². The van der Waals surface area contributed by atoms with Crippen molar-refractivity contribution in [2.45, 2.75) is 0 Å². The Balaban J connectivity index is 0.000000240. The summed E-state index contributed by atoms with van der Waals surface area (Å²) in [5.74, 6) is -8.18. The van der Waals surface area contributed by atoms with Gasteiger partial charge in [-0.15, -0.1) is 0 Å². The first kappa shape index (κ1) is 18.9. The first-order valence-electron chi connectivity index (χ1n) is 6.87. The van der Waals surface area contributed by atoms with Crippen molar-refractivity contribution in [1.82, 2.24) is 0 Å². The van der Waals surface area contributed by atoms with Crippen LogP contribution in [0.2, 0.25) is 0 Å². The summed E-state index contributed by atoms with van der Waals surface area (Å²) in [5, 5.41) is 34.4. The minimum absolute atomic E-state index is 0.938. The van der Waals surface area contributed by atoms with Gasteiger partial charge in [0.05, 0.1) is 23.7 Å². The van der Waals surface area contributed by atoms with E-state index < -0.39 is 47.5 Å². The molecule has 0 spiro atoms. The van der Waals surface area contributed by atoms with E-state index in [0.29, 0.717) is 0 Å². The highest BCUT2D eigenvalue weighted by Gasteiger charge is 2.31. The zero-order chi connectivity index (χ0) is 18.3. The van der Waals surface area contributed by atoms with Crippen molar-refractivity contribution in [3.63, 3.8) is 0 Å². The van der Waals surface area contributed by atoms with Gasteiger partial charge < -0.3 is 20.4 Å². The molecule has 8 heteroatoms. The van der Waals surface area contributed by atoms with Crippen LogP contribution in [0.15, 0.2) is 48.6 Å². The molecule has 0 saturated carbocycles. The summed E-state index contributed by atoms with van der Waals surface area (Å²) in [5.41, 5.74) is 0. The average Bonchev–Trinajstić information content (AvgIpc) is 2.55. The normalized spacial score (nSPS) is 27.0. The standard InChI is InChI=1S/2C8H8O4/c2*9-7(10)5-3-1-2-4-6(5)8(11)12/h2*1-6H,(H,9,10)(H,11,12)/t2*5-,6-/m11/s1. The van der Waals surface area contributed by atoms with Crippen LogP contribution in [0.25, 0.3) is 0 Å². The molecule has 4 atom stereocenters. The third-order valence-corrected chi connectivity index (χ3v) is 3.41. The molecule has 4 N–H and O–H groups in total. The molecule has 24 heavy (non-hydrogen) atoms. The quantitative estimate of drug-likeness (QED) is 0.594. The summed E-state index contributed by atoms with van der Waals surface area (Å²) < 4.78 is 0. The van der Waals surface area contributed by atoms with E-state index in [9.17, 15) is 19.2 Å². The van der Waals surface area contributed by atoms with Gasteiger partial charge in [-0.2, -0.15) is 0 Å². The summed E-state index contributed by atoms with van der Waals surface area (Å²) in [6, 6.07) is 0. The molecule has 0 amide bonds. The van der Waals surface area contributed by atoms with Gasteiger partial charge in [-0.3, -0.25) is 19.2 Å². The fourth-order valence-corrected chi connectivity index (χ4v) is 2.16. The maximum Gasteiger partial charge on any atom is 0.311 e. The first-order valence-corrected chi connectivity index (χ1v) is 6.87. The Labute approximate surface area is 136 Å². The smallest absolute Gasteiger partial charge is 0.311 e. The minimum atomic E-state index is -1.11. The lowest BCUT2D eigenvalue weighted by Crippen LogP contribution is -2.27. The van der Waals surface area contributed by atoms with Crippen molar-refractivity contribution in [1.29, 1.82) is 0 Å². The number of hydrogen-bond acceptors (Lipinski definition) is 4. The highest BCUT2D eigenvalue weighted by Crippen LogP contribution is 2.20. The molecule has 0 unspecified atom stereocenters. The Morgan fingerprint density at radius 3 is 0.750 bits per heavy atom. The number of carboxylic acids is 4. The van der Waals surface area contributed by atoms with Crippen molar-refractivity contribution in [2.75, 3.05) is 0 Å². The number of rotatable bonds is 4. The van der Waals surface area contributed by atoms with Crippen molar-refractivity contribution < 1.29 is 39.6 Å². The Hall–Kier alpha value is -3.16. The van der Waals surface area contributed by atoms with E-state index >= 15 is 0 Å². The summed E-state index contributed by atoms with van der Waals surface area (Å²) in [7, 11) is 0. The molecule has 0 aromatic heterocycles. The predicted octanol–water partition coefficient (Wildman–Crippen LogP) is 1.03. The molecule has 0 radical (unpaired) electrons. The maximum atomic E-state index is 10.5. The molecule has 0 bridgehead atoms. The van der Waals surface area contributed by atoms with Gasteiger partial charge >= 0.3 is 23.9 Å². The fourth-order valence-electron chi connectivity index (χ4n) is 2.16. The van der Waals surface area contributed by atoms with Crippen LogP contribution < -0.4 is 0 Å². The highest BCUT2D eigenvalue weighted by atomic mass is 16.4. The summed E-state index contributed by atoms with van der Waals surface area (Å²) in [4.78, 5) is 42.1. The van der Waals surface area contributed by atoms with E-state index in [0.717, 1.165) is 0 Å². The average molecular weight is 336 g/mol. The second-order valence-corrected chi connectivity index (χ2v) is 5.00. The number of aliphatic carboxylic acids is 4. The van der Waals surface area contributed by atoms with Crippen LogP contribution in [0.1, 0.15) is 0 Å². The monoisotopic (exact) mass is 336 g/mol. The number of hydrogen-bond donors (Lipinski definition) is 4. The second-order valence-electron chi connectivity index (χ2n) is 5.00. The lowest BCUT2D eigenvalue weighted by Gasteiger charge is -2.15. The molecule has 2 aliphatic rings.